The van der Waals surface area contributed by atoms with E-state index < -0.39 is 0 Å². The van der Waals surface area contributed by atoms with E-state index in [-0.39, 0.29) is 10.8 Å². The average Bonchev–Trinajstić information content (AvgIpc) is 3.00. The fraction of sp³-hybridized carbons (Fsp3) is 0.429. The van der Waals surface area contributed by atoms with Gasteiger partial charge in [0.1, 0.15) is 11.3 Å². The van der Waals surface area contributed by atoms with Crippen LogP contribution in [0.1, 0.15) is 71.3 Å². The van der Waals surface area contributed by atoms with Gasteiger partial charge in [-0.25, -0.2) is 0 Å². The molecule has 0 N–H and O–H groups in total. The van der Waals surface area contributed by atoms with Crippen molar-refractivity contribution in [3.05, 3.63) is 65.4 Å². The Balaban J connectivity index is 2.01. The van der Waals surface area contributed by atoms with Crippen LogP contribution in [-0.4, -0.2) is 0 Å². The lowest BCUT2D eigenvalue weighted by Gasteiger charge is -2.39. The standard InChI is InChI=1S/C28H34O/c1-17-12-14-19(15-13-17)20-10-9-11-21-24-18(2)22(27(3,4)5)16-23(28(6,7)8)26(24)29-25(20)21/h9-16,18,22H,1-8H3. The summed E-state index contributed by atoms with van der Waals surface area (Å²) in [5, 5.41) is 1.27. The van der Waals surface area contributed by atoms with Crippen LogP contribution in [0.25, 0.3) is 27.7 Å². The molecular formula is C28H34O. The lowest BCUT2D eigenvalue weighted by atomic mass is 9.65. The zero-order valence-electron chi connectivity index (χ0n) is 19.2. The summed E-state index contributed by atoms with van der Waals surface area (Å²) in [5.41, 5.74) is 7.68. The fourth-order valence-corrected chi connectivity index (χ4v) is 4.92. The quantitative estimate of drug-likeness (QED) is 0.408. The summed E-state index contributed by atoms with van der Waals surface area (Å²) in [7, 11) is 0. The second-order valence-corrected chi connectivity index (χ2v) is 10.9. The Labute approximate surface area is 175 Å². The molecule has 0 aliphatic heterocycles. The number of hydrogen-bond donors (Lipinski definition) is 0. The molecule has 4 rings (SSSR count). The molecule has 0 radical (unpaired) electrons. The van der Waals surface area contributed by atoms with Crippen LogP contribution in [0.15, 0.2) is 53.0 Å². The molecule has 1 aromatic heterocycles. The van der Waals surface area contributed by atoms with Crippen molar-refractivity contribution in [1.82, 2.24) is 0 Å². The molecular weight excluding hydrogens is 352 g/mol. The van der Waals surface area contributed by atoms with Gasteiger partial charge in [-0.15, -0.1) is 0 Å². The molecule has 1 heterocycles. The Morgan fingerprint density at radius 1 is 0.862 bits per heavy atom. The first-order chi connectivity index (χ1) is 13.5. The molecule has 0 bridgehead atoms. The van der Waals surface area contributed by atoms with Crippen LogP contribution in [0.3, 0.4) is 0 Å². The van der Waals surface area contributed by atoms with Gasteiger partial charge in [-0.2, -0.15) is 0 Å². The minimum absolute atomic E-state index is 0.0380. The maximum Gasteiger partial charge on any atom is 0.142 e. The monoisotopic (exact) mass is 386 g/mol. The Bertz CT molecular complexity index is 1080. The Morgan fingerprint density at radius 3 is 2.10 bits per heavy atom. The number of para-hydroxylation sites is 1. The average molecular weight is 387 g/mol. The molecule has 0 saturated carbocycles. The molecule has 3 aromatic rings. The van der Waals surface area contributed by atoms with Crippen LogP contribution in [0.4, 0.5) is 0 Å². The maximum atomic E-state index is 6.71. The van der Waals surface area contributed by atoms with Crippen LogP contribution in [0, 0.1) is 23.7 Å². The number of allylic oxidation sites excluding steroid dienone is 2. The van der Waals surface area contributed by atoms with Crippen molar-refractivity contribution in [2.24, 2.45) is 16.7 Å². The molecule has 1 nitrogen and oxygen atoms in total. The number of furan rings is 1. The SMILES string of the molecule is Cc1ccc(-c2cccc3c4c(oc23)C(C(C)(C)C)=CC(C(C)(C)C)C4C)cc1. The number of hydrogen-bond acceptors (Lipinski definition) is 1. The third kappa shape index (κ3) is 3.35. The van der Waals surface area contributed by atoms with E-state index in [0.717, 1.165) is 11.3 Å². The molecule has 2 atom stereocenters. The van der Waals surface area contributed by atoms with Crippen LogP contribution < -0.4 is 0 Å². The van der Waals surface area contributed by atoms with Crippen molar-refractivity contribution in [1.29, 1.82) is 0 Å². The van der Waals surface area contributed by atoms with Gasteiger partial charge in [-0.3, -0.25) is 0 Å². The van der Waals surface area contributed by atoms with Crippen LogP contribution in [-0.2, 0) is 0 Å². The van der Waals surface area contributed by atoms with E-state index in [0.29, 0.717) is 11.8 Å². The van der Waals surface area contributed by atoms with Gasteiger partial charge in [0, 0.05) is 16.5 Å². The highest BCUT2D eigenvalue weighted by Crippen LogP contribution is 2.53. The van der Waals surface area contributed by atoms with Crippen molar-refractivity contribution in [2.45, 2.75) is 61.3 Å². The van der Waals surface area contributed by atoms with Gasteiger partial charge in [0.2, 0.25) is 0 Å². The normalized spacial score (nSPS) is 19.9. The topological polar surface area (TPSA) is 13.1 Å². The summed E-state index contributed by atoms with van der Waals surface area (Å²) < 4.78 is 6.71. The van der Waals surface area contributed by atoms with Gasteiger partial charge < -0.3 is 4.42 Å². The minimum atomic E-state index is 0.0380. The molecule has 0 spiro atoms. The highest BCUT2D eigenvalue weighted by Gasteiger charge is 2.40. The molecule has 2 aromatic carbocycles. The second-order valence-electron chi connectivity index (χ2n) is 10.9. The number of fused-ring (bicyclic) bond motifs is 3. The first kappa shape index (κ1) is 20.0. The summed E-state index contributed by atoms with van der Waals surface area (Å²) >= 11 is 0. The van der Waals surface area contributed by atoms with Crippen molar-refractivity contribution in [3.63, 3.8) is 0 Å². The number of benzene rings is 2. The van der Waals surface area contributed by atoms with Crippen LogP contribution in [0.2, 0.25) is 0 Å². The lowest BCUT2D eigenvalue weighted by Crippen LogP contribution is -2.28. The second kappa shape index (κ2) is 6.62. The van der Waals surface area contributed by atoms with E-state index in [2.05, 4.69) is 104 Å². The van der Waals surface area contributed by atoms with Gasteiger partial charge in [-0.05, 0) is 40.7 Å². The maximum absolute atomic E-state index is 6.71. The minimum Gasteiger partial charge on any atom is -0.455 e. The summed E-state index contributed by atoms with van der Waals surface area (Å²) in [5.74, 6) is 2.00. The Kier molecular flexibility index (Phi) is 4.57. The van der Waals surface area contributed by atoms with Gasteiger partial charge in [-0.1, -0.05) is 103 Å². The Hall–Kier alpha value is -2.28. The van der Waals surface area contributed by atoms with E-state index in [4.69, 9.17) is 4.42 Å². The Morgan fingerprint density at radius 2 is 1.52 bits per heavy atom. The third-order valence-electron chi connectivity index (χ3n) is 6.51. The summed E-state index contributed by atoms with van der Waals surface area (Å²) in [4.78, 5) is 0. The number of rotatable bonds is 1. The van der Waals surface area contributed by atoms with Crippen molar-refractivity contribution >= 4 is 16.5 Å². The van der Waals surface area contributed by atoms with Crippen molar-refractivity contribution in [3.8, 4) is 11.1 Å². The van der Waals surface area contributed by atoms with E-state index in [1.54, 1.807) is 0 Å². The first-order valence-corrected chi connectivity index (χ1v) is 10.8. The van der Waals surface area contributed by atoms with E-state index >= 15 is 0 Å². The van der Waals surface area contributed by atoms with Crippen molar-refractivity contribution < 1.29 is 4.42 Å². The fourth-order valence-electron chi connectivity index (χ4n) is 4.92. The van der Waals surface area contributed by atoms with Crippen LogP contribution >= 0.6 is 0 Å². The molecule has 1 heteroatoms. The van der Waals surface area contributed by atoms with Crippen molar-refractivity contribution in [2.75, 3.05) is 0 Å². The molecule has 1 aliphatic carbocycles. The van der Waals surface area contributed by atoms with Crippen LogP contribution in [0.5, 0.6) is 0 Å². The van der Waals surface area contributed by atoms with E-state index in [1.165, 1.54) is 33.2 Å². The van der Waals surface area contributed by atoms with Gasteiger partial charge >= 0.3 is 0 Å². The highest BCUT2D eigenvalue weighted by molar-refractivity contribution is 5.98. The predicted molar refractivity (Wildman–Crippen MR) is 125 cm³/mol. The predicted octanol–water partition coefficient (Wildman–Crippen LogP) is 8.62. The molecule has 0 fully saturated rings. The molecule has 1 aliphatic rings. The molecule has 2 unspecified atom stereocenters. The molecule has 0 amide bonds. The number of aryl methyl sites for hydroxylation is 1. The highest BCUT2D eigenvalue weighted by atomic mass is 16.3. The zero-order chi connectivity index (χ0) is 21.1. The van der Waals surface area contributed by atoms with Gasteiger partial charge in [0.05, 0.1) is 0 Å². The molecule has 152 valence electrons. The van der Waals surface area contributed by atoms with Gasteiger partial charge in [0.25, 0.3) is 0 Å². The lowest BCUT2D eigenvalue weighted by molar-refractivity contribution is 0.254. The molecule has 29 heavy (non-hydrogen) atoms. The first-order valence-electron chi connectivity index (χ1n) is 10.8. The third-order valence-corrected chi connectivity index (χ3v) is 6.51. The largest absolute Gasteiger partial charge is 0.455 e. The summed E-state index contributed by atoms with van der Waals surface area (Å²) in [6, 6.07) is 15.4. The van der Waals surface area contributed by atoms with E-state index in [1.807, 2.05) is 0 Å². The summed E-state index contributed by atoms with van der Waals surface area (Å²) in [6.07, 6.45) is 2.50. The smallest absolute Gasteiger partial charge is 0.142 e. The van der Waals surface area contributed by atoms with E-state index in [9.17, 15) is 0 Å². The molecule has 0 saturated heterocycles. The zero-order valence-corrected chi connectivity index (χ0v) is 19.2. The van der Waals surface area contributed by atoms with Gasteiger partial charge in [0.15, 0.2) is 0 Å². The summed E-state index contributed by atoms with van der Waals surface area (Å²) in [6.45, 7) is 18.5.